The number of carbonyl (C=O) groups is 2. The average molecular weight is 275 g/mol. The van der Waals surface area contributed by atoms with Gasteiger partial charge in [0.05, 0.1) is 6.54 Å². The lowest BCUT2D eigenvalue weighted by Gasteiger charge is -2.21. The van der Waals surface area contributed by atoms with E-state index in [1.165, 1.54) is 4.90 Å². The number of hydrogen-bond acceptors (Lipinski definition) is 4. The van der Waals surface area contributed by atoms with Crippen LogP contribution in [0.25, 0.3) is 0 Å². The first-order valence-corrected chi connectivity index (χ1v) is 6.75. The SMILES string of the molecule is CCN1C(=O)C(N2C[C@@H](CN)OC2=O)c2ccccc21. The Morgan fingerprint density at radius 2 is 2.10 bits per heavy atom. The van der Waals surface area contributed by atoms with E-state index in [4.69, 9.17) is 10.5 Å². The van der Waals surface area contributed by atoms with Crippen LogP contribution in [0, 0.1) is 0 Å². The minimum Gasteiger partial charge on any atom is -0.443 e. The molecule has 106 valence electrons. The van der Waals surface area contributed by atoms with Gasteiger partial charge in [0.2, 0.25) is 0 Å². The Hall–Kier alpha value is -2.08. The van der Waals surface area contributed by atoms with Crippen LogP contribution in [0.4, 0.5) is 10.5 Å². The number of fused-ring (bicyclic) bond motifs is 1. The van der Waals surface area contributed by atoms with Crippen LogP contribution in [0.5, 0.6) is 0 Å². The first-order valence-electron chi connectivity index (χ1n) is 6.75. The van der Waals surface area contributed by atoms with Gasteiger partial charge in [-0.15, -0.1) is 0 Å². The van der Waals surface area contributed by atoms with Gasteiger partial charge in [0.15, 0.2) is 0 Å². The van der Waals surface area contributed by atoms with Gasteiger partial charge in [0, 0.05) is 24.3 Å². The number of carbonyl (C=O) groups excluding carboxylic acids is 2. The molecule has 0 saturated carbocycles. The highest BCUT2D eigenvalue weighted by molar-refractivity contribution is 6.05. The smallest absolute Gasteiger partial charge is 0.411 e. The number of amides is 2. The fraction of sp³-hybridized carbons (Fsp3) is 0.429. The van der Waals surface area contributed by atoms with E-state index in [-0.39, 0.29) is 18.6 Å². The zero-order valence-corrected chi connectivity index (χ0v) is 11.3. The van der Waals surface area contributed by atoms with Crippen LogP contribution in [-0.2, 0) is 9.53 Å². The van der Waals surface area contributed by atoms with E-state index >= 15 is 0 Å². The molecule has 2 heterocycles. The predicted molar refractivity (Wildman–Crippen MR) is 73.2 cm³/mol. The van der Waals surface area contributed by atoms with Crippen molar-refractivity contribution in [3.05, 3.63) is 29.8 Å². The molecule has 2 aliphatic heterocycles. The van der Waals surface area contributed by atoms with Gasteiger partial charge in [-0.05, 0) is 13.0 Å². The zero-order chi connectivity index (χ0) is 14.3. The van der Waals surface area contributed by atoms with Crippen molar-refractivity contribution >= 4 is 17.7 Å². The third kappa shape index (κ3) is 1.76. The highest BCUT2D eigenvalue weighted by atomic mass is 16.6. The second-order valence-corrected chi connectivity index (χ2v) is 4.94. The van der Waals surface area contributed by atoms with Crippen LogP contribution in [-0.4, -0.2) is 42.6 Å². The number of nitrogens with two attached hydrogens (primary N) is 1. The maximum Gasteiger partial charge on any atom is 0.411 e. The van der Waals surface area contributed by atoms with Gasteiger partial charge >= 0.3 is 6.09 Å². The van der Waals surface area contributed by atoms with E-state index in [0.29, 0.717) is 13.1 Å². The van der Waals surface area contributed by atoms with Gasteiger partial charge in [0.1, 0.15) is 12.1 Å². The summed E-state index contributed by atoms with van der Waals surface area (Å²) in [6, 6.07) is 6.97. The molecule has 20 heavy (non-hydrogen) atoms. The molecular formula is C14H17N3O3. The Labute approximate surface area is 117 Å². The minimum atomic E-state index is -0.588. The molecule has 2 amide bonds. The second kappa shape index (κ2) is 4.79. The Bertz CT molecular complexity index is 560. The molecule has 3 rings (SSSR count). The molecule has 6 nitrogen and oxygen atoms in total. The molecule has 2 N–H and O–H groups in total. The quantitative estimate of drug-likeness (QED) is 0.888. The maximum absolute atomic E-state index is 12.6. The van der Waals surface area contributed by atoms with Gasteiger partial charge in [-0.25, -0.2) is 4.79 Å². The van der Waals surface area contributed by atoms with Gasteiger partial charge in [-0.3, -0.25) is 9.69 Å². The summed E-state index contributed by atoms with van der Waals surface area (Å²) >= 11 is 0. The first kappa shape index (κ1) is 12.9. The number of anilines is 1. The van der Waals surface area contributed by atoms with Crippen molar-refractivity contribution in [2.45, 2.75) is 19.1 Å². The molecule has 0 radical (unpaired) electrons. The van der Waals surface area contributed by atoms with Gasteiger partial charge in [0.25, 0.3) is 5.91 Å². The van der Waals surface area contributed by atoms with Crippen molar-refractivity contribution in [3.8, 4) is 0 Å². The molecule has 0 aliphatic carbocycles. The normalized spacial score (nSPS) is 25.1. The van der Waals surface area contributed by atoms with E-state index in [1.807, 2.05) is 31.2 Å². The number of hydrogen-bond donors (Lipinski definition) is 1. The Balaban J connectivity index is 1.98. The third-order valence-electron chi connectivity index (χ3n) is 3.82. The summed E-state index contributed by atoms with van der Waals surface area (Å²) in [4.78, 5) is 27.7. The molecular weight excluding hydrogens is 258 g/mol. The van der Waals surface area contributed by atoms with E-state index in [9.17, 15) is 9.59 Å². The lowest BCUT2D eigenvalue weighted by atomic mass is 10.1. The summed E-state index contributed by atoms with van der Waals surface area (Å²) in [5.41, 5.74) is 7.27. The monoisotopic (exact) mass is 275 g/mol. The fourth-order valence-corrected chi connectivity index (χ4v) is 2.87. The second-order valence-electron chi connectivity index (χ2n) is 4.94. The van der Waals surface area contributed by atoms with E-state index in [1.54, 1.807) is 4.90 Å². The summed E-state index contributed by atoms with van der Waals surface area (Å²) in [6.07, 6.45) is -0.801. The summed E-state index contributed by atoms with van der Waals surface area (Å²) < 4.78 is 5.16. The van der Waals surface area contributed by atoms with Gasteiger partial charge in [-0.1, -0.05) is 18.2 Å². The van der Waals surface area contributed by atoms with Crippen molar-refractivity contribution in [1.82, 2.24) is 4.90 Å². The van der Waals surface area contributed by atoms with Crippen LogP contribution in [0.3, 0.4) is 0 Å². The molecule has 6 heteroatoms. The maximum atomic E-state index is 12.6. The number of benzene rings is 1. The topological polar surface area (TPSA) is 75.9 Å². The molecule has 1 fully saturated rings. The van der Waals surface area contributed by atoms with Crippen LogP contribution < -0.4 is 10.6 Å². The number of ether oxygens (including phenoxy) is 1. The van der Waals surface area contributed by atoms with E-state index in [2.05, 4.69) is 0 Å². The molecule has 0 aromatic heterocycles. The summed E-state index contributed by atoms with van der Waals surface area (Å²) in [7, 11) is 0. The van der Waals surface area contributed by atoms with Crippen molar-refractivity contribution in [1.29, 1.82) is 0 Å². The van der Waals surface area contributed by atoms with Crippen molar-refractivity contribution < 1.29 is 14.3 Å². The van der Waals surface area contributed by atoms with Crippen LogP contribution in [0.1, 0.15) is 18.5 Å². The van der Waals surface area contributed by atoms with Crippen molar-refractivity contribution in [2.75, 3.05) is 24.5 Å². The highest BCUT2D eigenvalue weighted by Gasteiger charge is 2.46. The minimum absolute atomic E-state index is 0.0803. The Morgan fingerprint density at radius 3 is 2.75 bits per heavy atom. The molecule has 2 atom stereocenters. The number of para-hydroxylation sites is 1. The van der Waals surface area contributed by atoms with Gasteiger partial charge < -0.3 is 15.4 Å². The van der Waals surface area contributed by atoms with Crippen molar-refractivity contribution in [2.24, 2.45) is 5.73 Å². The molecule has 1 aromatic carbocycles. The number of likely N-dealkylation sites (N-methyl/N-ethyl adjacent to an activating group) is 1. The van der Waals surface area contributed by atoms with E-state index in [0.717, 1.165) is 11.3 Å². The van der Waals surface area contributed by atoms with Crippen LogP contribution in [0.2, 0.25) is 0 Å². The standard InChI is InChI=1S/C14H17N3O3/c1-2-16-11-6-4-3-5-10(11)12(13(16)18)17-8-9(7-15)20-14(17)19/h3-6,9,12H,2,7-8,15H2,1H3/t9-,12?/m1/s1. The van der Waals surface area contributed by atoms with Crippen molar-refractivity contribution in [3.63, 3.8) is 0 Å². The van der Waals surface area contributed by atoms with Crippen LogP contribution in [0.15, 0.2) is 24.3 Å². The Morgan fingerprint density at radius 1 is 1.35 bits per heavy atom. The lowest BCUT2D eigenvalue weighted by Crippen LogP contribution is -2.38. The molecule has 1 saturated heterocycles. The zero-order valence-electron chi connectivity index (χ0n) is 11.3. The molecule has 2 aliphatic rings. The first-order chi connectivity index (χ1) is 9.67. The predicted octanol–water partition coefficient (Wildman–Crippen LogP) is 0.874. The van der Waals surface area contributed by atoms with Crippen LogP contribution >= 0.6 is 0 Å². The average Bonchev–Trinajstić information content (AvgIpc) is 2.95. The largest absolute Gasteiger partial charge is 0.443 e. The highest BCUT2D eigenvalue weighted by Crippen LogP contribution is 2.40. The number of cyclic esters (lactones) is 1. The number of nitrogens with zero attached hydrogens (tertiary/aromatic N) is 2. The fourth-order valence-electron chi connectivity index (χ4n) is 2.87. The van der Waals surface area contributed by atoms with Gasteiger partial charge in [-0.2, -0.15) is 0 Å². The summed E-state index contributed by atoms with van der Waals surface area (Å²) in [5, 5.41) is 0. The molecule has 0 bridgehead atoms. The third-order valence-corrected chi connectivity index (χ3v) is 3.82. The molecule has 1 aromatic rings. The summed E-state index contributed by atoms with van der Waals surface area (Å²) in [5.74, 6) is -0.0803. The molecule has 0 spiro atoms. The Kier molecular flexibility index (Phi) is 3.10. The number of rotatable bonds is 3. The lowest BCUT2D eigenvalue weighted by molar-refractivity contribution is -0.122. The van der Waals surface area contributed by atoms with E-state index < -0.39 is 12.1 Å². The molecule has 1 unspecified atom stereocenters. The summed E-state index contributed by atoms with van der Waals surface area (Å²) in [6.45, 7) is 3.12.